The Hall–Kier alpha value is -3.45. The van der Waals surface area contributed by atoms with E-state index in [-0.39, 0.29) is 17.6 Å². The highest BCUT2D eigenvalue weighted by Gasteiger charge is 2.25. The van der Waals surface area contributed by atoms with E-state index in [2.05, 4.69) is 22.2 Å². The van der Waals surface area contributed by atoms with E-state index < -0.39 is 0 Å². The first-order valence-corrected chi connectivity index (χ1v) is 11.9. The van der Waals surface area contributed by atoms with Gasteiger partial charge in [-0.15, -0.1) is 0 Å². The standard InChI is InChI=1S/C27H32N4O3/c1-3-24-18-26(34-28-24)27(33)30-17-16-29(19-22-10-5-4-6-11-22)14-9-15-31(21(2)32)25-13-8-7-12-23(25)20-30/h4-8,10-13,18H,3,9,14-17,19-20H2,1-2H3. The third-order valence-corrected chi connectivity index (χ3v) is 6.23. The molecule has 34 heavy (non-hydrogen) atoms. The number of fused-ring (bicyclic) bond motifs is 1. The van der Waals surface area contributed by atoms with E-state index >= 15 is 0 Å². The van der Waals surface area contributed by atoms with Gasteiger partial charge in [-0.2, -0.15) is 0 Å². The van der Waals surface area contributed by atoms with Gasteiger partial charge in [-0.3, -0.25) is 14.5 Å². The zero-order valence-electron chi connectivity index (χ0n) is 19.9. The molecule has 0 atom stereocenters. The van der Waals surface area contributed by atoms with Crippen LogP contribution in [0.1, 0.15) is 47.6 Å². The van der Waals surface area contributed by atoms with Gasteiger partial charge in [0.2, 0.25) is 11.7 Å². The predicted molar refractivity (Wildman–Crippen MR) is 131 cm³/mol. The molecule has 1 aliphatic heterocycles. The van der Waals surface area contributed by atoms with Crippen molar-refractivity contribution >= 4 is 17.5 Å². The molecule has 7 heteroatoms. The summed E-state index contributed by atoms with van der Waals surface area (Å²) in [5.41, 5.74) is 3.79. The summed E-state index contributed by atoms with van der Waals surface area (Å²) in [6.07, 6.45) is 1.55. The van der Waals surface area contributed by atoms with E-state index in [1.54, 1.807) is 17.9 Å². The van der Waals surface area contributed by atoms with Crippen LogP contribution in [0.4, 0.5) is 5.69 Å². The van der Waals surface area contributed by atoms with Crippen LogP contribution < -0.4 is 4.90 Å². The predicted octanol–water partition coefficient (Wildman–Crippen LogP) is 4.14. The zero-order chi connectivity index (χ0) is 23.9. The molecule has 0 saturated carbocycles. The van der Waals surface area contributed by atoms with Crippen molar-refractivity contribution in [3.8, 4) is 0 Å². The number of aromatic nitrogens is 1. The zero-order valence-corrected chi connectivity index (χ0v) is 19.9. The number of aryl methyl sites for hydroxylation is 1. The third kappa shape index (κ3) is 5.72. The molecule has 0 saturated heterocycles. The van der Waals surface area contributed by atoms with Gasteiger partial charge in [0, 0.05) is 57.9 Å². The molecule has 3 aromatic rings. The van der Waals surface area contributed by atoms with Gasteiger partial charge in [0.05, 0.1) is 5.69 Å². The van der Waals surface area contributed by atoms with Gasteiger partial charge in [-0.05, 0) is 30.0 Å². The molecule has 0 aliphatic carbocycles. The first kappa shape index (κ1) is 23.7. The highest BCUT2D eigenvalue weighted by atomic mass is 16.5. The van der Waals surface area contributed by atoms with Crippen molar-refractivity contribution in [1.29, 1.82) is 0 Å². The Morgan fingerprint density at radius 1 is 0.971 bits per heavy atom. The van der Waals surface area contributed by atoms with Crippen molar-refractivity contribution in [2.24, 2.45) is 0 Å². The van der Waals surface area contributed by atoms with Crippen LogP contribution in [0.5, 0.6) is 0 Å². The molecule has 0 unspecified atom stereocenters. The lowest BCUT2D eigenvalue weighted by Crippen LogP contribution is -2.38. The summed E-state index contributed by atoms with van der Waals surface area (Å²) in [4.78, 5) is 32.0. The van der Waals surface area contributed by atoms with Crippen LogP contribution in [0.3, 0.4) is 0 Å². The number of anilines is 1. The van der Waals surface area contributed by atoms with Crippen LogP contribution in [0.15, 0.2) is 65.2 Å². The number of rotatable bonds is 4. The monoisotopic (exact) mass is 460 g/mol. The fourth-order valence-electron chi connectivity index (χ4n) is 4.37. The Kier molecular flexibility index (Phi) is 7.75. The Balaban J connectivity index is 1.65. The normalized spacial score (nSPS) is 15.5. The molecule has 1 aromatic heterocycles. The fraction of sp³-hybridized carbons (Fsp3) is 0.370. The number of hydrogen-bond acceptors (Lipinski definition) is 5. The average Bonchev–Trinajstić information content (AvgIpc) is 3.32. The number of hydrogen-bond donors (Lipinski definition) is 0. The van der Waals surface area contributed by atoms with E-state index in [1.165, 1.54) is 5.56 Å². The molecule has 2 amide bonds. The summed E-state index contributed by atoms with van der Waals surface area (Å²) in [5.74, 6) is 0.0690. The highest BCUT2D eigenvalue weighted by molar-refractivity contribution is 5.93. The molecular weight excluding hydrogens is 428 g/mol. The molecule has 0 radical (unpaired) electrons. The number of carbonyl (C=O) groups is 2. The van der Waals surface area contributed by atoms with Crippen LogP contribution >= 0.6 is 0 Å². The van der Waals surface area contributed by atoms with Gasteiger partial charge in [-0.1, -0.05) is 60.6 Å². The third-order valence-electron chi connectivity index (χ3n) is 6.23. The number of carbonyl (C=O) groups excluding carboxylic acids is 2. The second kappa shape index (κ2) is 11.1. The molecule has 2 heterocycles. The van der Waals surface area contributed by atoms with Gasteiger partial charge in [0.1, 0.15) is 0 Å². The van der Waals surface area contributed by atoms with E-state index in [1.807, 2.05) is 54.3 Å². The minimum Gasteiger partial charge on any atom is -0.351 e. The van der Waals surface area contributed by atoms with Crippen molar-refractivity contribution < 1.29 is 14.1 Å². The first-order chi connectivity index (χ1) is 16.5. The Morgan fingerprint density at radius 3 is 2.47 bits per heavy atom. The lowest BCUT2D eigenvalue weighted by molar-refractivity contribution is -0.116. The molecule has 0 bridgehead atoms. The lowest BCUT2D eigenvalue weighted by Gasteiger charge is -2.27. The van der Waals surface area contributed by atoms with E-state index in [0.717, 1.165) is 43.0 Å². The van der Waals surface area contributed by atoms with Crippen molar-refractivity contribution in [1.82, 2.24) is 15.0 Å². The van der Waals surface area contributed by atoms with Gasteiger partial charge in [0.25, 0.3) is 5.91 Å². The van der Waals surface area contributed by atoms with Crippen molar-refractivity contribution in [2.75, 3.05) is 31.1 Å². The topological polar surface area (TPSA) is 69.9 Å². The second-order valence-corrected chi connectivity index (χ2v) is 8.68. The van der Waals surface area contributed by atoms with Crippen molar-refractivity contribution in [3.05, 3.63) is 83.2 Å². The second-order valence-electron chi connectivity index (χ2n) is 8.68. The fourth-order valence-corrected chi connectivity index (χ4v) is 4.37. The summed E-state index contributed by atoms with van der Waals surface area (Å²) in [5, 5.41) is 4.01. The maximum Gasteiger partial charge on any atom is 0.292 e. The lowest BCUT2D eigenvalue weighted by atomic mass is 10.1. The minimum absolute atomic E-state index is 0.00186. The highest BCUT2D eigenvalue weighted by Crippen LogP contribution is 2.24. The molecule has 4 rings (SSSR count). The van der Waals surface area contributed by atoms with E-state index in [9.17, 15) is 9.59 Å². The molecule has 0 N–H and O–H groups in total. The summed E-state index contributed by atoms with van der Waals surface area (Å²) in [6.45, 7) is 7.48. The molecule has 2 aromatic carbocycles. The summed E-state index contributed by atoms with van der Waals surface area (Å²) in [7, 11) is 0. The first-order valence-electron chi connectivity index (χ1n) is 11.9. The van der Waals surface area contributed by atoms with Gasteiger partial charge >= 0.3 is 0 Å². The van der Waals surface area contributed by atoms with Crippen LogP contribution in [0, 0.1) is 0 Å². The minimum atomic E-state index is -0.185. The van der Waals surface area contributed by atoms with Crippen molar-refractivity contribution in [3.63, 3.8) is 0 Å². The van der Waals surface area contributed by atoms with Gasteiger partial charge in [-0.25, -0.2) is 0 Å². The number of amides is 2. The van der Waals surface area contributed by atoms with E-state index in [4.69, 9.17) is 4.52 Å². The molecule has 0 spiro atoms. The van der Waals surface area contributed by atoms with Gasteiger partial charge < -0.3 is 14.3 Å². The van der Waals surface area contributed by atoms with Crippen molar-refractivity contribution in [2.45, 2.75) is 39.8 Å². The molecule has 0 fully saturated rings. The largest absolute Gasteiger partial charge is 0.351 e. The quantitative estimate of drug-likeness (QED) is 0.585. The van der Waals surface area contributed by atoms with Crippen LogP contribution in [-0.4, -0.2) is 52.9 Å². The molecule has 1 aliphatic rings. The maximum atomic E-state index is 13.5. The molecular formula is C27H32N4O3. The maximum absolute atomic E-state index is 13.5. The molecule has 178 valence electrons. The van der Waals surface area contributed by atoms with Gasteiger partial charge in [0.15, 0.2) is 0 Å². The Morgan fingerprint density at radius 2 is 1.74 bits per heavy atom. The number of benzene rings is 2. The Labute approximate surface area is 200 Å². The summed E-state index contributed by atoms with van der Waals surface area (Å²) in [6, 6.07) is 19.9. The van der Waals surface area contributed by atoms with Crippen LogP contribution in [0.2, 0.25) is 0 Å². The summed E-state index contributed by atoms with van der Waals surface area (Å²) >= 11 is 0. The SMILES string of the molecule is CCc1cc(C(=O)N2CCN(Cc3ccccc3)CCCN(C(C)=O)c3ccccc3C2)on1. The Bertz CT molecular complexity index is 1110. The smallest absolute Gasteiger partial charge is 0.292 e. The molecule has 7 nitrogen and oxygen atoms in total. The van der Waals surface area contributed by atoms with E-state index in [0.29, 0.717) is 26.1 Å². The van der Waals surface area contributed by atoms with Crippen LogP contribution in [0.25, 0.3) is 0 Å². The van der Waals surface area contributed by atoms with Crippen LogP contribution in [-0.2, 0) is 24.3 Å². The average molecular weight is 461 g/mol. The number of para-hydroxylation sites is 1. The number of nitrogens with zero attached hydrogens (tertiary/aromatic N) is 4. The summed E-state index contributed by atoms with van der Waals surface area (Å²) < 4.78 is 5.37.